The maximum absolute atomic E-state index is 12.4. The predicted octanol–water partition coefficient (Wildman–Crippen LogP) is 3.55. The molecule has 0 spiro atoms. The average molecular weight is 453 g/mol. The van der Waals surface area contributed by atoms with Gasteiger partial charge in [0.25, 0.3) is 0 Å². The summed E-state index contributed by atoms with van der Waals surface area (Å²) in [6, 6.07) is 0.717. The summed E-state index contributed by atoms with van der Waals surface area (Å²) in [6.07, 6.45) is 7.98. The molecule has 3 heterocycles. The summed E-state index contributed by atoms with van der Waals surface area (Å²) in [5, 5.41) is 3.85. The van der Waals surface area contributed by atoms with Gasteiger partial charge in [-0.1, -0.05) is 5.16 Å². The van der Waals surface area contributed by atoms with E-state index in [1.165, 1.54) is 0 Å². The van der Waals surface area contributed by atoms with Gasteiger partial charge in [0.05, 0.1) is 19.6 Å². The third kappa shape index (κ3) is 8.49. The van der Waals surface area contributed by atoms with Crippen molar-refractivity contribution in [2.75, 3.05) is 19.8 Å². The van der Waals surface area contributed by atoms with Crippen LogP contribution in [0.3, 0.4) is 0 Å². The number of piperidine rings is 1. The highest BCUT2D eigenvalue weighted by Gasteiger charge is 2.44. The van der Waals surface area contributed by atoms with Crippen molar-refractivity contribution in [3.63, 3.8) is 0 Å². The maximum Gasteiger partial charge on any atom is 0.413 e. The first-order valence-corrected chi connectivity index (χ1v) is 11.4. The van der Waals surface area contributed by atoms with Crippen LogP contribution >= 0.6 is 0 Å². The van der Waals surface area contributed by atoms with Gasteiger partial charge in [-0.3, -0.25) is 0 Å². The summed E-state index contributed by atoms with van der Waals surface area (Å²) >= 11 is 0. The molecule has 2 saturated heterocycles. The highest BCUT2D eigenvalue weighted by molar-refractivity contribution is 6.20. The first-order valence-electron chi connectivity index (χ1n) is 11.4. The quantitative estimate of drug-likeness (QED) is 0.200. The van der Waals surface area contributed by atoms with E-state index in [1.54, 1.807) is 6.92 Å². The number of oxime groups is 1. The van der Waals surface area contributed by atoms with Crippen LogP contribution in [-0.4, -0.2) is 71.4 Å². The van der Waals surface area contributed by atoms with Crippen molar-refractivity contribution in [1.82, 2.24) is 4.90 Å². The van der Waals surface area contributed by atoms with E-state index in [2.05, 4.69) is 14.7 Å². The standard InChI is InChI=1S/C18H30N2O4.C4H6N2O2/c1-18(2,3)24-17(21)20-14-6-7-15(20)12-13(11-14)5-4-9-22-16-8-10-23-19-16;1-2-8-4(7)3-6-5/h13-15H,4-12H2,1-3H3;3H,2H2,1H3. The van der Waals surface area contributed by atoms with Gasteiger partial charge in [0.15, 0.2) is 0 Å². The van der Waals surface area contributed by atoms with Gasteiger partial charge in [0.2, 0.25) is 5.90 Å². The predicted molar refractivity (Wildman–Crippen MR) is 117 cm³/mol. The molecule has 3 rings (SSSR count). The second-order valence-electron chi connectivity index (χ2n) is 9.17. The number of carbonyl (C=O) groups excluding carboxylic acids is 2. The zero-order valence-corrected chi connectivity index (χ0v) is 19.6. The molecule has 2 bridgehead atoms. The lowest BCUT2D eigenvalue weighted by Gasteiger charge is -2.39. The Balaban J connectivity index is 0.000000390. The van der Waals surface area contributed by atoms with Crippen LogP contribution in [0.15, 0.2) is 5.16 Å². The van der Waals surface area contributed by atoms with Crippen molar-refractivity contribution in [3.05, 3.63) is 5.53 Å². The van der Waals surface area contributed by atoms with Gasteiger partial charge in [0.1, 0.15) is 12.2 Å². The van der Waals surface area contributed by atoms with E-state index >= 15 is 0 Å². The molecule has 0 N–H and O–H groups in total. The Hall–Kier alpha value is -2.61. The molecule has 0 aromatic rings. The summed E-state index contributed by atoms with van der Waals surface area (Å²) in [5.41, 5.74) is 7.31. The molecule has 2 unspecified atom stereocenters. The van der Waals surface area contributed by atoms with Gasteiger partial charge in [-0.2, -0.15) is 4.79 Å². The van der Waals surface area contributed by atoms with Crippen LogP contribution < -0.4 is 0 Å². The van der Waals surface area contributed by atoms with Crippen molar-refractivity contribution in [2.24, 2.45) is 11.1 Å². The fraction of sp³-hybridized carbons (Fsp3) is 0.818. The van der Waals surface area contributed by atoms with Crippen LogP contribution in [-0.2, 0) is 23.8 Å². The molecule has 2 fully saturated rings. The van der Waals surface area contributed by atoms with Crippen molar-refractivity contribution >= 4 is 24.2 Å². The van der Waals surface area contributed by atoms with E-state index in [4.69, 9.17) is 19.8 Å². The molecule has 180 valence electrons. The van der Waals surface area contributed by atoms with Crippen molar-refractivity contribution in [2.45, 2.75) is 90.3 Å². The maximum atomic E-state index is 12.4. The average Bonchev–Trinajstić information content (AvgIpc) is 3.31. The molecule has 0 aromatic heterocycles. The van der Waals surface area contributed by atoms with E-state index in [0.29, 0.717) is 44.0 Å². The minimum Gasteiger partial charge on any atom is -0.479 e. The van der Waals surface area contributed by atoms with Crippen molar-refractivity contribution in [3.8, 4) is 0 Å². The molecular formula is C22H36N4O6. The van der Waals surface area contributed by atoms with Gasteiger partial charge in [0, 0.05) is 12.1 Å². The summed E-state index contributed by atoms with van der Waals surface area (Å²) < 4.78 is 15.5. The Kier molecular flexibility index (Phi) is 9.97. The molecule has 3 aliphatic rings. The fourth-order valence-corrected chi connectivity index (χ4v) is 4.32. The van der Waals surface area contributed by atoms with Crippen LogP contribution in [0, 0.1) is 5.92 Å². The molecule has 0 saturated carbocycles. The minimum absolute atomic E-state index is 0.129. The number of hydrogen-bond acceptors (Lipinski definition) is 7. The first-order chi connectivity index (χ1) is 15.2. The van der Waals surface area contributed by atoms with E-state index in [9.17, 15) is 9.59 Å². The normalized spacial score (nSPS) is 23.7. The number of amides is 1. The lowest BCUT2D eigenvalue weighted by Crippen LogP contribution is -2.48. The summed E-state index contributed by atoms with van der Waals surface area (Å²) in [7, 11) is 0. The van der Waals surface area contributed by atoms with Crippen LogP contribution in [0.5, 0.6) is 0 Å². The third-order valence-electron chi connectivity index (χ3n) is 5.48. The van der Waals surface area contributed by atoms with Crippen LogP contribution in [0.4, 0.5) is 4.79 Å². The van der Waals surface area contributed by atoms with Gasteiger partial charge in [-0.05, 0) is 72.1 Å². The zero-order chi connectivity index (χ0) is 23.6. The number of rotatable bonds is 6. The molecular weight excluding hydrogens is 416 g/mol. The second-order valence-corrected chi connectivity index (χ2v) is 9.17. The number of carbonyl (C=O) groups is 2. The molecule has 0 aromatic carbocycles. The molecule has 32 heavy (non-hydrogen) atoms. The zero-order valence-electron chi connectivity index (χ0n) is 19.6. The second kappa shape index (κ2) is 12.4. The summed E-state index contributed by atoms with van der Waals surface area (Å²) in [5.74, 6) is 0.788. The Morgan fingerprint density at radius 2 is 1.97 bits per heavy atom. The highest BCUT2D eigenvalue weighted by atomic mass is 16.7. The molecule has 1 amide bonds. The van der Waals surface area contributed by atoms with Gasteiger partial charge in [-0.25, -0.2) is 9.59 Å². The lowest BCUT2D eigenvalue weighted by atomic mass is 9.87. The Labute approximate surface area is 189 Å². The molecule has 0 aliphatic carbocycles. The topological polar surface area (TPSA) is 123 Å². The summed E-state index contributed by atoms with van der Waals surface area (Å²) in [4.78, 5) is 32.0. The monoisotopic (exact) mass is 452 g/mol. The molecule has 10 nitrogen and oxygen atoms in total. The Bertz CT molecular complexity index is 700. The van der Waals surface area contributed by atoms with E-state index in [-0.39, 0.29) is 6.09 Å². The number of fused-ring (bicyclic) bond motifs is 2. The Morgan fingerprint density at radius 1 is 1.28 bits per heavy atom. The van der Waals surface area contributed by atoms with Crippen LogP contribution in [0.2, 0.25) is 0 Å². The molecule has 3 aliphatic heterocycles. The van der Waals surface area contributed by atoms with E-state index < -0.39 is 11.6 Å². The number of hydrogen-bond donors (Lipinski definition) is 0. The van der Waals surface area contributed by atoms with Gasteiger partial charge in [-0.15, -0.1) is 0 Å². The molecule has 10 heteroatoms. The van der Waals surface area contributed by atoms with Crippen molar-refractivity contribution < 1.29 is 33.4 Å². The smallest absolute Gasteiger partial charge is 0.413 e. The number of nitrogens with zero attached hydrogens (tertiary/aromatic N) is 4. The minimum atomic E-state index is -0.630. The van der Waals surface area contributed by atoms with Crippen molar-refractivity contribution in [1.29, 1.82) is 0 Å². The van der Waals surface area contributed by atoms with E-state index in [1.807, 2.05) is 25.7 Å². The fourth-order valence-electron chi connectivity index (χ4n) is 4.32. The third-order valence-corrected chi connectivity index (χ3v) is 5.48. The highest BCUT2D eigenvalue weighted by Crippen LogP contribution is 2.41. The molecule has 2 atom stereocenters. The Morgan fingerprint density at radius 3 is 2.50 bits per heavy atom. The van der Waals surface area contributed by atoms with Gasteiger partial charge < -0.3 is 29.5 Å². The SMILES string of the molecule is CC(C)(C)OC(=O)N1C2CCC1CC(CCCOC1=NOCC1)C2.CCOC(=O)C=[N+]=[N-]. The number of esters is 1. The van der Waals surface area contributed by atoms with E-state index in [0.717, 1.165) is 50.8 Å². The summed E-state index contributed by atoms with van der Waals surface area (Å²) in [6.45, 7) is 9.11. The molecule has 0 radical (unpaired) electrons. The first kappa shape index (κ1) is 25.6. The largest absolute Gasteiger partial charge is 0.479 e. The van der Waals surface area contributed by atoms with Crippen LogP contribution in [0.1, 0.15) is 72.6 Å². The van der Waals surface area contributed by atoms with Gasteiger partial charge >= 0.3 is 18.3 Å². The van der Waals surface area contributed by atoms with Crippen LogP contribution in [0.25, 0.3) is 5.53 Å². The lowest BCUT2D eigenvalue weighted by molar-refractivity contribution is -0.138. The number of ether oxygens (including phenoxy) is 3.